The maximum absolute atomic E-state index is 13.2. The normalized spacial score (nSPS) is 12.2. The number of aryl methyl sites for hydroxylation is 1. The molecule has 0 saturated heterocycles. The Morgan fingerprint density at radius 3 is 2.65 bits per heavy atom. The third-order valence-electron chi connectivity index (χ3n) is 5.35. The first kappa shape index (κ1) is 20.5. The summed E-state index contributed by atoms with van der Waals surface area (Å²) < 4.78 is 2.84. The number of amides is 1. The number of rotatable bonds is 5. The van der Waals surface area contributed by atoms with Gasteiger partial charge in [-0.25, -0.2) is 4.98 Å². The van der Waals surface area contributed by atoms with Gasteiger partial charge in [-0.1, -0.05) is 36.4 Å². The van der Waals surface area contributed by atoms with E-state index in [-0.39, 0.29) is 46.8 Å². The average Bonchev–Trinajstić information content (AvgIpc) is 2.77. The van der Waals surface area contributed by atoms with Gasteiger partial charge in [0.05, 0.1) is 23.6 Å². The lowest BCUT2D eigenvalue weighted by Crippen LogP contribution is -2.36. The van der Waals surface area contributed by atoms with Gasteiger partial charge in [0.1, 0.15) is 16.8 Å². The first-order valence-electron chi connectivity index (χ1n) is 9.99. The van der Waals surface area contributed by atoms with Crippen LogP contribution in [0.4, 0.5) is 0 Å². The minimum absolute atomic E-state index is 0.0409. The Morgan fingerprint density at radius 2 is 1.94 bits per heavy atom. The number of pyridine rings is 2. The van der Waals surface area contributed by atoms with Gasteiger partial charge in [-0.15, -0.1) is 0 Å². The van der Waals surface area contributed by atoms with E-state index in [1.807, 2.05) is 50.2 Å². The molecule has 1 aromatic carbocycles. The lowest BCUT2D eigenvalue weighted by atomic mass is 10.1. The minimum Gasteiger partial charge on any atom is -0.395 e. The van der Waals surface area contributed by atoms with E-state index in [1.165, 1.54) is 15.0 Å². The zero-order valence-electron chi connectivity index (χ0n) is 17.3. The molecule has 0 radical (unpaired) electrons. The van der Waals surface area contributed by atoms with Crippen molar-refractivity contribution in [2.75, 3.05) is 6.61 Å². The average molecular weight is 417 g/mol. The molecule has 4 rings (SSSR count). The lowest BCUT2D eigenvalue weighted by molar-refractivity contribution is 0.0937. The summed E-state index contributed by atoms with van der Waals surface area (Å²) in [5, 5.41) is 21.2. The number of nitrogens with zero attached hydrogens (tertiary/aromatic N) is 3. The Hall–Kier alpha value is -3.78. The highest BCUT2D eigenvalue weighted by atomic mass is 16.3. The van der Waals surface area contributed by atoms with Crippen LogP contribution in [-0.2, 0) is 6.54 Å². The third kappa shape index (κ3) is 3.62. The summed E-state index contributed by atoms with van der Waals surface area (Å²) in [6, 6.07) is 14.2. The van der Waals surface area contributed by atoms with Crippen molar-refractivity contribution in [2.24, 2.45) is 0 Å². The third-order valence-corrected chi connectivity index (χ3v) is 5.35. The summed E-state index contributed by atoms with van der Waals surface area (Å²) in [5.41, 5.74) is 2.09. The van der Waals surface area contributed by atoms with Crippen molar-refractivity contribution in [2.45, 2.75) is 26.4 Å². The Kier molecular flexibility index (Phi) is 5.39. The van der Waals surface area contributed by atoms with Crippen molar-refractivity contribution >= 4 is 22.6 Å². The fourth-order valence-electron chi connectivity index (χ4n) is 3.69. The Labute approximate surface area is 177 Å². The highest BCUT2D eigenvalue weighted by Crippen LogP contribution is 2.15. The largest absolute Gasteiger partial charge is 0.395 e. The summed E-state index contributed by atoms with van der Waals surface area (Å²) in [7, 11) is 0. The molecule has 8 heteroatoms. The van der Waals surface area contributed by atoms with Gasteiger partial charge in [0.15, 0.2) is 0 Å². The van der Waals surface area contributed by atoms with Crippen molar-refractivity contribution in [3.8, 4) is 0 Å². The molecule has 0 aliphatic rings. The number of hydrogen-bond acceptors (Lipinski definition) is 5. The summed E-state index contributed by atoms with van der Waals surface area (Å²) in [6.07, 6.45) is 1.62. The molecule has 3 N–H and O–H groups in total. The van der Waals surface area contributed by atoms with Gasteiger partial charge in [0, 0.05) is 12.7 Å². The molecule has 31 heavy (non-hydrogen) atoms. The van der Waals surface area contributed by atoms with Crippen LogP contribution in [0.1, 0.15) is 34.5 Å². The van der Waals surface area contributed by atoms with Gasteiger partial charge in [0.2, 0.25) is 0 Å². The number of carbonyl (C=O) groups excluding carboxylic acids is 1. The molecule has 1 amide bonds. The number of carbonyl (C=O) groups is 1. The monoisotopic (exact) mass is 417 g/mol. The quantitative estimate of drug-likeness (QED) is 0.431. The van der Waals surface area contributed by atoms with Crippen LogP contribution >= 0.6 is 0 Å². The fraction of sp³-hybridized carbons (Fsp3) is 0.217. The molecule has 0 saturated carbocycles. The molecule has 0 aliphatic carbocycles. The molecule has 0 bridgehead atoms. The second-order valence-electron chi connectivity index (χ2n) is 7.43. The van der Waals surface area contributed by atoms with Crippen molar-refractivity contribution in [3.05, 3.63) is 87.3 Å². The van der Waals surface area contributed by atoms with Crippen molar-refractivity contribution in [1.82, 2.24) is 19.3 Å². The number of hydrogen-bond donors (Lipinski definition) is 3. The number of aliphatic hydroxyl groups excluding tert-OH is 1. The SMILES string of the molecule is Cc1cccn2c(=O)c3cc(C(=O)N[C@@H](C)c4ccccc4)c(=N)n(CCO)c3nc12. The molecular formula is C23H23N5O3. The summed E-state index contributed by atoms with van der Waals surface area (Å²) in [4.78, 5) is 30.8. The van der Waals surface area contributed by atoms with Crippen molar-refractivity contribution in [3.63, 3.8) is 0 Å². The van der Waals surface area contributed by atoms with E-state index in [9.17, 15) is 14.7 Å². The Balaban J connectivity index is 1.90. The highest BCUT2D eigenvalue weighted by Gasteiger charge is 2.19. The molecule has 0 spiro atoms. The van der Waals surface area contributed by atoms with E-state index >= 15 is 0 Å². The first-order valence-corrected chi connectivity index (χ1v) is 9.99. The van der Waals surface area contributed by atoms with E-state index < -0.39 is 5.91 Å². The molecule has 3 heterocycles. The van der Waals surface area contributed by atoms with Crippen LogP contribution in [0.5, 0.6) is 0 Å². The molecule has 1 atom stereocenters. The number of fused-ring (bicyclic) bond motifs is 2. The van der Waals surface area contributed by atoms with Crippen molar-refractivity contribution in [1.29, 1.82) is 5.41 Å². The van der Waals surface area contributed by atoms with E-state index in [2.05, 4.69) is 10.3 Å². The van der Waals surface area contributed by atoms with Crippen LogP contribution in [0, 0.1) is 12.3 Å². The summed E-state index contributed by atoms with van der Waals surface area (Å²) in [6.45, 7) is 3.48. The van der Waals surface area contributed by atoms with Gasteiger partial charge in [-0.05, 0) is 37.1 Å². The predicted molar refractivity (Wildman–Crippen MR) is 117 cm³/mol. The zero-order valence-corrected chi connectivity index (χ0v) is 17.3. The Morgan fingerprint density at radius 1 is 1.19 bits per heavy atom. The standard InChI is InChI=1S/C23H23N5O3/c1-14-7-6-10-28-20(14)26-21-18(23(28)31)13-17(19(24)27(21)11-12-29)22(30)25-15(2)16-8-4-3-5-9-16/h3-10,13,15,24,29H,11-12H2,1-2H3,(H,25,30)/t15-/m0/s1. The molecule has 0 unspecified atom stereocenters. The number of benzene rings is 1. The number of aliphatic hydroxyl groups is 1. The first-order chi connectivity index (χ1) is 14.9. The maximum atomic E-state index is 13.2. The van der Waals surface area contributed by atoms with Crippen LogP contribution in [0.25, 0.3) is 16.7 Å². The van der Waals surface area contributed by atoms with E-state index in [0.29, 0.717) is 5.65 Å². The minimum atomic E-state index is -0.469. The van der Waals surface area contributed by atoms with E-state index in [4.69, 9.17) is 5.41 Å². The maximum Gasteiger partial charge on any atom is 0.267 e. The summed E-state index contributed by atoms with van der Waals surface area (Å²) >= 11 is 0. The highest BCUT2D eigenvalue weighted by molar-refractivity contribution is 5.97. The van der Waals surface area contributed by atoms with Gasteiger partial charge < -0.3 is 15.0 Å². The second-order valence-corrected chi connectivity index (χ2v) is 7.43. The fourth-order valence-corrected chi connectivity index (χ4v) is 3.69. The number of aromatic nitrogens is 3. The van der Waals surface area contributed by atoms with Crippen LogP contribution in [0.2, 0.25) is 0 Å². The molecule has 158 valence electrons. The molecule has 4 aromatic rings. The lowest BCUT2D eigenvalue weighted by Gasteiger charge is -2.17. The van der Waals surface area contributed by atoms with Gasteiger partial charge in [-0.2, -0.15) is 0 Å². The molecule has 0 fully saturated rings. The zero-order chi connectivity index (χ0) is 22.1. The van der Waals surface area contributed by atoms with Gasteiger partial charge in [-0.3, -0.25) is 19.4 Å². The topological polar surface area (TPSA) is 112 Å². The Bertz CT molecular complexity index is 1410. The second kappa shape index (κ2) is 8.16. The van der Waals surface area contributed by atoms with Crippen LogP contribution in [0.3, 0.4) is 0 Å². The van der Waals surface area contributed by atoms with Gasteiger partial charge >= 0.3 is 0 Å². The van der Waals surface area contributed by atoms with E-state index in [0.717, 1.165) is 11.1 Å². The molecule has 3 aromatic heterocycles. The van der Waals surface area contributed by atoms with Crippen LogP contribution in [0.15, 0.2) is 59.5 Å². The van der Waals surface area contributed by atoms with Crippen molar-refractivity contribution < 1.29 is 9.90 Å². The molecule has 8 nitrogen and oxygen atoms in total. The van der Waals surface area contributed by atoms with Crippen LogP contribution < -0.4 is 16.4 Å². The smallest absolute Gasteiger partial charge is 0.267 e. The van der Waals surface area contributed by atoms with Crippen LogP contribution in [-0.4, -0.2) is 31.6 Å². The van der Waals surface area contributed by atoms with Gasteiger partial charge in [0.25, 0.3) is 11.5 Å². The molecular weight excluding hydrogens is 394 g/mol. The number of nitrogens with one attached hydrogen (secondary N) is 2. The predicted octanol–water partition coefficient (Wildman–Crippen LogP) is 1.92. The molecule has 0 aliphatic heterocycles. The summed E-state index contributed by atoms with van der Waals surface area (Å²) in [5.74, 6) is -0.469. The van der Waals surface area contributed by atoms with E-state index in [1.54, 1.807) is 12.3 Å².